The number of thioether (sulfide) groups is 1. The fourth-order valence-electron chi connectivity index (χ4n) is 2.45. The van der Waals surface area contributed by atoms with E-state index < -0.39 is 0 Å². The quantitative estimate of drug-likeness (QED) is 0.819. The standard InChI is InChI=1S/C18H19ClN2O2S/c19-14-1-7-17(8-2-14)24-13-18(22)20-15-3-5-16(6-4-15)21-9-11-23-12-10-21/h1-8H,9-13H2,(H,20,22). The Morgan fingerprint density at radius 2 is 1.75 bits per heavy atom. The molecule has 0 radical (unpaired) electrons. The third kappa shape index (κ3) is 4.90. The minimum Gasteiger partial charge on any atom is -0.378 e. The monoisotopic (exact) mass is 362 g/mol. The van der Waals surface area contributed by atoms with Gasteiger partial charge in [0.1, 0.15) is 0 Å². The van der Waals surface area contributed by atoms with Gasteiger partial charge in [0.15, 0.2) is 0 Å². The molecule has 0 spiro atoms. The highest BCUT2D eigenvalue weighted by Crippen LogP contribution is 2.22. The average molecular weight is 363 g/mol. The maximum absolute atomic E-state index is 12.1. The van der Waals surface area contributed by atoms with Crippen molar-refractivity contribution in [1.82, 2.24) is 0 Å². The zero-order valence-electron chi connectivity index (χ0n) is 13.2. The number of carbonyl (C=O) groups excluding carboxylic acids is 1. The van der Waals surface area contributed by atoms with E-state index in [0.717, 1.165) is 42.6 Å². The van der Waals surface area contributed by atoms with Crippen LogP contribution >= 0.6 is 23.4 Å². The van der Waals surface area contributed by atoms with Crippen LogP contribution in [0.5, 0.6) is 0 Å². The molecule has 3 rings (SSSR count). The number of anilines is 2. The number of rotatable bonds is 5. The lowest BCUT2D eigenvalue weighted by atomic mass is 10.2. The van der Waals surface area contributed by atoms with Crippen molar-refractivity contribution < 1.29 is 9.53 Å². The zero-order valence-corrected chi connectivity index (χ0v) is 14.8. The third-order valence-corrected chi connectivity index (χ3v) is 4.97. The number of halogens is 1. The van der Waals surface area contributed by atoms with Gasteiger partial charge in [-0.25, -0.2) is 0 Å². The Bertz CT molecular complexity index is 670. The molecular formula is C18H19ClN2O2S. The average Bonchev–Trinajstić information content (AvgIpc) is 2.63. The molecule has 0 unspecified atom stereocenters. The van der Waals surface area contributed by atoms with Crippen molar-refractivity contribution in [2.45, 2.75) is 4.90 Å². The van der Waals surface area contributed by atoms with E-state index in [2.05, 4.69) is 10.2 Å². The van der Waals surface area contributed by atoms with E-state index in [-0.39, 0.29) is 5.91 Å². The highest BCUT2D eigenvalue weighted by atomic mass is 35.5. The Hall–Kier alpha value is -1.69. The number of nitrogens with one attached hydrogen (secondary N) is 1. The topological polar surface area (TPSA) is 41.6 Å². The molecule has 6 heteroatoms. The van der Waals surface area contributed by atoms with Crippen molar-refractivity contribution in [3.63, 3.8) is 0 Å². The van der Waals surface area contributed by atoms with Crippen molar-refractivity contribution in [2.75, 3.05) is 42.3 Å². The second-order valence-electron chi connectivity index (χ2n) is 5.44. The number of carbonyl (C=O) groups is 1. The van der Waals surface area contributed by atoms with Gasteiger partial charge in [0.05, 0.1) is 19.0 Å². The summed E-state index contributed by atoms with van der Waals surface area (Å²) in [7, 11) is 0. The summed E-state index contributed by atoms with van der Waals surface area (Å²) in [5, 5.41) is 3.62. The summed E-state index contributed by atoms with van der Waals surface area (Å²) in [6.45, 7) is 3.34. The van der Waals surface area contributed by atoms with Gasteiger partial charge >= 0.3 is 0 Å². The minimum atomic E-state index is -0.0194. The van der Waals surface area contributed by atoms with E-state index in [4.69, 9.17) is 16.3 Å². The van der Waals surface area contributed by atoms with E-state index in [1.165, 1.54) is 11.8 Å². The number of ether oxygens (including phenoxy) is 1. The number of hydrogen-bond acceptors (Lipinski definition) is 4. The van der Waals surface area contributed by atoms with Crippen LogP contribution in [-0.2, 0) is 9.53 Å². The maximum atomic E-state index is 12.1. The molecule has 1 fully saturated rings. The predicted octanol–water partition coefficient (Wildman–Crippen LogP) is 3.91. The van der Waals surface area contributed by atoms with Crippen LogP contribution in [0.4, 0.5) is 11.4 Å². The molecule has 24 heavy (non-hydrogen) atoms. The lowest BCUT2D eigenvalue weighted by molar-refractivity contribution is -0.113. The first-order chi connectivity index (χ1) is 11.7. The van der Waals surface area contributed by atoms with Crippen molar-refractivity contribution in [2.24, 2.45) is 0 Å². The molecule has 4 nitrogen and oxygen atoms in total. The largest absolute Gasteiger partial charge is 0.378 e. The van der Waals surface area contributed by atoms with Gasteiger partial charge in [0, 0.05) is 34.4 Å². The highest BCUT2D eigenvalue weighted by molar-refractivity contribution is 8.00. The van der Waals surface area contributed by atoms with Crippen LogP contribution in [0.2, 0.25) is 5.02 Å². The fraction of sp³-hybridized carbons (Fsp3) is 0.278. The van der Waals surface area contributed by atoms with Gasteiger partial charge in [-0.15, -0.1) is 11.8 Å². The smallest absolute Gasteiger partial charge is 0.234 e. The van der Waals surface area contributed by atoms with Gasteiger partial charge in [-0.05, 0) is 48.5 Å². The Kier molecular flexibility index (Phi) is 6.01. The molecule has 2 aromatic carbocycles. The summed E-state index contributed by atoms with van der Waals surface area (Å²) >= 11 is 7.34. The Morgan fingerprint density at radius 3 is 2.42 bits per heavy atom. The molecule has 1 saturated heterocycles. The first-order valence-corrected chi connectivity index (χ1v) is 9.18. The normalized spacial score (nSPS) is 14.5. The molecule has 1 amide bonds. The number of morpholine rings is 1. The van der Waals surface area contributed by atoms with Gasteiger partial charge in [-0.1, -0.05) is 11.6 Å². The molecule has 1 aliphatic rings. The van der Waals surface area contributed by atoms with Gasteiger partial charge in [-0.3, -0.25) is 4.79 Å². The zero-order chi connectivity index (χ0) is 16.8. The second-order valence-corrected chi connectivity index (χ2v) is 6.92. The molecule has 0 aliphatic carbocycles. The minimum absolute atomic E-state index is 0.0194. The van der Waals surface area contributed by atoms with E-state index in [0.29, 0.717) is 10.8 Å². The molecule has 1 N–H and O–H groups in total. The van der Waals surface area contributed by atoms with Crippen LogP contribution in [0.3, 0.4) is 0 Å². The maximum Gasteiger partial charge on any atom is 0.234 e. The fourth-order valence-corrected chi connectivity index (χ4v) is 3.28. The highest BCUT2D eigenvalue weighted by Gasteiger charge is 2.11. The summed E-state index contributed by atoms with van der Waals surface area (Å²) in [5.41, 5.74) is 1.97. The Balaban J connectivity index is 1.49. The van der Waals surface area contributed by atoms with Crippen LogP contribution in [0.25, 0.3) is 0 Å². The summed E-state index contributed by atoms with van der Waals surface area (Å²) in [5.74, 6) is 0.349. The van der Waals surface area contributed by atoms with E-state index in [1.54, 1.807) is 0 Å². The van der Waals surface area contributed by atoms with Crippen molar-refractivity contribution in [1.29, 1.82) is 0 Å². The van der Waals surface area contributed by atoms with E-state index in [9.17, 15) is 4.79 Å². The number of nitrogens with zero attached hydrogens (tertiary/aromatic N) is 1. The molecule has 2 aromatic rings. The Morgan fingerprint density at radius 1 is 1.08 bits per heavy atom. The lowest BCUT2D eigenvalue weighted by Crippen LogP contribution is -2.36. The predicted molar refractivity (Wildman–Crippen MR) is 100 cm³/mol. The lowest BCUT2D eigenvalue weighted by Gasteiger charge is -2.28. The van der Waals surface area contributed by atoms with Gasteiger partial charge in [0.2, 0.25) is 5.91 Å². The van der Waals surface area contributed by atoms with Crippen LogP contribution < -0.4 is 10.2 Å². The molecule has 0 saturated carbocycles. The second kappa shape index (κ2) is 8.42. The number of amides is 1. The summed E-state index contributed by atoms with van der Waals surface area (Å²) in [4.78, 5) is 15.4. The molecule has 0 aromatic heterocycles. The third-order valence-electron chi connectivity index (χ3n) is 3.71. The Labute approximate surface area is 151 Å². The molecule has 0 atom stereocenters. The molecule has 0 bridgehead atoms. The first kappa shape index (κ1) is 17.1. The molecule has 1 aliphatic heterocycles. The van der Waals surface area contributed by atoms with Crippen LogP contribution in [0, 0.1) is 0 Å². The molecule has 1 heterocycles. The van der Waals surface area contributed by atoms with Crippen molar-refractivity contribution >= 4 is 40.6 Å². The van der Waals surface area contributed by atoms with Crippen LogP contribution in [0.15, 0.2) is 53.4 Å². The number of benzene rings is 2. The van der Waals surface area contributed by atoms with Gasteiger partial charge in [0.25, 0.3) is 0 Å². The van der Waals surface area contributed by atoms with Gasteiger partial charge in [-0.2, -0.15) is 0 Å². The summed E-state index contributed by atoms with van der Waals surface area (Å²) < 4.78 is 5.36. The van der Waals surface area contributed by atoms with E-state index in [1.807, 2.05) is 48.5 Å². The van der Waals surface area contributed by atoms with Crippen molar-refractivity contribution in [3.05, 3.63) is 53.6 Å². The summed E-state index contributed by atoms with van der Waals surface area (Å²) in [6.07, 6.45) is 0. The van der Waals surface area contributed by atoms with Crippen LogP contribution in [-0.4, -0.2) is 38.0 Å². The first-order valence-electron chi connectivity index (χ1n) is 7.82. The molecular weight excluding hydrogens is 344 g/mol. The van der Waals surface area contributed by atoms with Crippen molar-refractivity contribution in [3.8, 4) is 0 Å². The van der Waals surface area contributed by atoms with E-state index >= 15 is 0 Å². The van der Waals surface area contributed by atoms with Gasteiger partial charge < -0.3 is 15.0 Å². The summed E-state index contributed by atoms with van der Waals surface area (Å²) in [6, 6.07) is 15.4. The molecule has 126 valence electrons. The van der Waals surface area contributed by atoms with Crippen LogP contribution in [0.1, 0.15) is 0 Å². The number of hydrogen-bond donors (Lipinski definition) is 1. The SMILES string of the molecule is O=C(CSc1ccc(Cl)cc1)Nc1ccc(N2CCOCC2)cc1.